The number of rotatable bonds is 7. The zero-order chi connectivity index (χ0) is 19.1. The average molecular weight is 381 g/mol. The number of hydrogen-bond donors (Lipinski definition) is 2. The van der Waals surface area contributed by atoms with Gasteiger partial charge in [0.25, 0.3) is 5.91 Å². The van der Waals surface area contributed by atoms with Gasteiger partial charge in [0.2, 0.25) is 0 Å². The van der Waals surface area contributed by atoms with Crippen LogP contribution in [0, 0.1) is 0 Å². The predicted octanol–water partition coefficient (Wildman–Crippen LogP) is 4.30. The van der Waals surface area contributed by atoms with E-state index in [1.165, 1.54) is 12.8 Å². The molecule has 27 heavy (non-hydrogen) atoms. The monoisotopic (exact) mass is 380 g/mol. The molecule has 0 unspecified atom stereocenters. The van der Waals surface area contributed by atoms with Crippen molar-refractivity contribution in [2.75, 3.05) is 16.8 Å². The summed E-state index contributed by atoms with van der Waals surface area (Å²) in [6.45, 7) is 2.89. The number of para-hydroxylation sites is 2. The van der Waals surface area contributed by atoms with Crippen molar-refractivity contribution in [3.63, 3.8) is 0 Å². The average Bonchev–Trinajstić information content (AvgIpc) is 2.95. The van der Waals surface area contributed by atoms with E-state index in [9.17, 15) is 4.79 Å². The number of nitrogens with one attached hydrogen (secondary N) is 2. The summed E-state index contributed by atoms with van der Waals surface area (Å²) >= 11 is 5.28. The smallest absolute Gasteiger partial charge is 0.279 e. The fraction of sp³-hybridized carbons (Fsp3) is 0.286. The Morgan fingerprint density at radius 2 is 1.78 bits per heavy atom. The van der Waals surface area contributed by atoms with Gasteiger partial charge >= 0.3 is 0 Å². The third-order valence-electron chi connectivity index (χ3n) is 4.43. The second-order valence-electron chi connectivity index (χ2n) is 6.43. The van der Waals surface area contributed by atoms with Gasteiger partial charge in [0.15, 0.2) is 10.8 Å². The van der Waals surface area contributed by atoms with Crippen molar-refractivity contribution in [1.82, 2.24) is 5.43 Å². The summed E-state index contributed by atoms with van der Waals surface area (Å²) < 4.78 is 0. The second kappa shape index (κ2) is 9.28. The zero-order valence-electron chi connectivity index (χ0n) is 15.4. The van der Waals surface area contributed by atoms with Crippen LogP contribution in [-0.2, 0) is 4.79 Å². The van der Waals surface area contributed by atoms with Crippen molar-refractivity contribution in [3.05, 3.63) is 60.2 Å². The van der Waals surface area contributed by atoms with Gasteiger partial charge in [-0.05, 0) is 36.8 Å². The Balaban J connectivity index is 1.70. The first-order valence-electron chi connectivity index (χ1n) is 9.31. The maximum atomic E-state index is 12.9. The fourth-order valence-corrected chi connectivity index (χ4v) is 3.24. The van der Waals surface area contributed by atoms with Gasteiger partial charge in [0.1, 0.15) is 0 Å². The number of carbonyl (C=O) groups is 1. The second-order valence-corrected chi connectivity index (χ2v) is 6.84. The van der Waals surface area contributed by atoms with Crippen molar-refractivity contribution in [1.29, 1.82) is 0 Å². The molecule has 0 saturated carbocycles. The number of anilines is 2. The highest BCUT2D eigenvalue weighted by atomic mass is 32.1. The molecule has 0 fully saturated rings. The number of carbonyl (C=O) groups excluding carboxylic acids is 1. The minimum absolute atomic E-state index is 0.0808. The summed E-state index contributed by atoms with van der Waals surface area (Å²) in [4.78, 5) is 14.7. The van der Waals surface area contributed by atoms with Crippen LogP contribution >= 0.6 is 12.2 Å². The molecule has 1 amide bonds. The van der Waals surface area contributed by atoms with Gasteiger partial charge in [-0.3, -0.25) is 10.2 Å². The highest BCUT2D eigenvalue weighted by Crippen LogP contribution is 2.29. The first-order chi connectivity index (χ1) is 13.2. The Hall–Kier alpha value is -2.73. The molecule has 1 aliphatic heterocycles. The summed E-state index contributed by atoms with van der Waals surface area (Å²) in [7, 11) is 0. The molecule has 5 nitrogen and oxygen atoms in total. The molecule has 0 spiro atoms. The lowest BCUT2D eigenvalue weighted by atomic mass is 10.1. The van der Waals surface area contributed by atoms with Crippen LogP contribution in [0.3, 0.4) is 0 Å². The van der Waals surface area contributed by atoms with Crippen LogP contribution in [0.5, 0.6) is 0 Å². The Morgan fingerprint density at radius 3 is 2.56 bits per heavy atom. The topological polar surface area (TPSA) is 56.7 Å². The molecule has 0 radical (unpaired) electrons. The molecule has 6 heteroatoms. The molecule has 2 aromatic rings. The van der Waals surface area contributed by atoms with Crippen LogP contribution < -0.4 is 15.6 Å². The van der Waals surface area contributed by atoms with Crippen molar-refractivity contribution in [3.8, 4) is 0 Å². The number of benzene rings is 2. The van der Waals surface area contributed by atoms with Crippen molar-refractivity contribution >= 4 is 40.3 Å². The normalized spacial score (nSPS) is 14.3. The van der Waals surface area contributed by atoms with Crippen molar-refractivity contribution < 1.29 is 4.79 Å². The lowest BCUT2D eigenvalue weighted by Gasteiger charge is -2.16. The van der Waals surface area contributed by atoms with Gasteiger partial charge in [-0.1, -0.05) is 62.6 Å². The summed E-state index contributed by atoms with van der Waals surface area (Å²) in [5, 5.41) is 7.71. The van der Waals surface area contributed by atoms with Crippen LogP contribution in [0.4, 0.5) is 11.4 Å². The molecule has 2 N–H and O–H groups in total. The fourth-order valence-electron chi connectivity index (χ4n) is 3.08. The third-order valence-corrected chi connectivity index (χ3v) is 4.63. The molecule has 140 valence electrons. The predicted molar refractivity (Wildman–Crippen MR) is 115 cm³/mol. The van der Waals surface area contributed by atoms with E-state index in [4.69, 9.17) is 12.2 Å². The number of unbranched alkanes of at least 4 members (excludes halogenated alkanes) is 3. The Labute approximate surface area is 165 Å². The van der Waals surface area contributed by atoms with E-state index in [0.29, 0.717) is 17.4 Å². The molecule has 0 aliphatic carbocycles. The molecule has 1 heterocycles. The van der Waals surface area contributed by atoms with Crippen LogP contribution in [0.25, 0.3) is 0 Å². The summed E-state index contributed by atoms with van der Waals surface area (Å²) in [6.07, 6.45) is 4.47. The first-order valence-corrected chi connectivity index (χ1v) is 9.72. The first kappa shape index (κ1) is 19.0. The summed E-state index contributed by atoms with van der Waals surface area (Å²) in [5.74, 6) is -0.0808. The molecular formula is C21H24N4OS. The van der Waals surface area contributed by atoms with Crippen molar-refractivity contribution in [2.24, 2.45) is 5.10 Å². The number of hydrazone groups is 1. The Kier molecular flexibility index (Phi) is 6.54. The number of thiocarbonyl (C=S) groups is 1. The number of fused-ring (bicyclic) bond motifs is 1. The van der Waals surface area contributed by atoms with Crippen LogP contribution in [0.1, 0.15) is 38.2 Å². The van der Waals surface area contributed by atoms with Gasteiger partial charge in [0.05, 0.1) is 5.69 Å². The van der Waals surface area contributed by atoms with E-state index in [1.807, 2.05) is 59.5 Å². The highest BCUT2D eigenvalue weighted by molar-refractivity contribution is 7.80. The van der Waals surface area contributed by atoms with Gasteiger partial charge in [-0.25, -0.2) is 0 Å². The molecule has 3 rings (SSSR count). The lowest BCUT2D eigenvalue weighted by molar-refractivity contribution is -0.112. The van der Waals surface area contributed by atoms with Crippen LogP contribution in [0.15, 0.2) is 59.7 Å². The number of nitrogens with zero attached hydrogens (tertiary/aromatic N) is 2. The summed E-state index contributed by atoms with van der Waals surface area (Å²) in [5.41, 5.74) is 5.83. The molecule has 0 atom stereocenters. The summed E-state index contributed by atoms with van der Waals surface area (Å²) in [6, 6.07) is 17.4. The lowest BCUT2D eigenvalue weighted by Crippen LogP contribution is -2.33. The molecule has 1 aliphatic rings. The zero-order valence-corrected chi connectivity index (χ0v) is 16.3. The standard InChI is InChI=1S/C21H24N4OS/c1-2-3-4-10-15-25-18-14-9-8-13-17(18)19(20(25)26)23-24-21(27)22-16-11-6-5-7-12-16/h5-9,11-14H,2-4,10,15H2,1H3,(H2,22,24,27)/b23-19-. The maximum Gasteiger partial charge on any atom is 0.279 e. The highest BCUT2D eigenvalue weighted by Gasteiger charge is 2.33. The minimum Gasteiger partial charge on any atom is -0.331 e. The Bertz CT molecular complexity index is 835. The van der Waals surface area contributed by atoms with E-state index in [1.54, 1.807) is 0 Å². The van der Waals surface area contributed by atoms with Crippen LogP contribution in [-0.4, -0.2) is 23.3 Å². The van der Waals surface area contributed by atoms with E-state index >= 15 is 0 Å². The SMILES string of the molecule is CCCCCCN1C(=O)/C(=N\NC(=S)Nc2ccccc2)c2ccccc21. The van der Waals surface area contributed by atoms with Gasteiger partial charge < -0.3 is 10.2 Å². The van der Waals surface area contributed by atoms with E-state index < -0.39 is 0 Å². The van der Waals surface area contributed by atoms with E-state index in [-0.39, 0.29) is 5.91 Å². The molecule has 0 aromatic heterocycles. The van der Waals surface area contributed by atoms with Crippen molar-refractivity contribution in [2.45, 2.75) is 32.6 Å². The number of amides is 1. The van der Waals surface area contributed by atoms with E-state index in [0.717, 1.165) is 29.8 Å². The van der Waals surface area contributed by atoms with Gasteiger partial charge in [-0.15, -0.1) is 0 Å². The number of hydrogen-bond acceptors (Lipinski definition) is 3. The molecular weight excluding hydrogens is 356 g/mol. The quantitative estimate of drug-likeness (QED) is 0.427. The van der Waals surface area contributed by atoms with Crippen LogP contribution in [0.2, 0.25) is 0 Å². The van der Waals surface area contributed by atoms with Gasteiger partial charge in [0, 0.05) is 17.8 Å². The molecule has 2 aromatic carbocycles. The third kappa shape index (κ3) is 4.71. The maximum absolute atomic E-state index is 12.9. The molecule has 0 saturated heterocycles. The van der Waals surface area contributed by atoms with Gasteiger partial charge in [-0.2, -0.15) is 5.10 Å². The largest absolute Gasteiger partial charge is 0.331 e. The molecule has 0 bridgehead atoms. The minimum atomic E-state index is -0.0808. The Morgan fingerprint density at radius 1 is 1.04 bits per heavy atom. The van der Waals surface area contributed by atoms with E-state index in [2.05, 4.69) is 22.8 Å².